The molecule has 1 saturated carbocycles. The summed E-state index contributed by atoms with van der Waals surface area (Å²) in [5.41, 5.74) is 1.66. The molecule has 1 aliphatic heterocycles. The zero-order valence-electron chi connectivity index (χ0n) is 5.28. The largest absolute Gasteiger partial charge is 0.480 e. The van der Waals surface area contributed by atoms with E-state index in [0.29, 0.717) is 12.5 Å². The Balaban J connectivity index is 2.21. The zero-order chi connectivity index (χ0) is 7.19. The second kappa shape index (κ2) is 1.75. The normalized spacial score (nSPS) is 42.6. The van der Waals surface area contributed by atoms with E-state index < -0.39 is 10.7 Å². The van der Waals surface area contributed by atoms with Crippen LogP contribution >= 0.6 is 11.8 Å². The Morgan fingerprint density at radius 3 is 3.20 bits per heavy atom. The first-order valence-corrected chi connectivity index (χ1v) is 4.03. The maximum absolute atomic E-state index is 10.6. The Morgan fingerprint density at radius 1 is 1.90 bits per heavy atom. The molecule has 3 nitrogen and oxygen atoms in total. The van der Waals surface area contributed by atoms with Crippen molar-refractivity contribution in [2.24, 2.45) is 10.9 Å². The third kappa shape index (κ3) is 0.624. The Bertz CT molecular complexity index is 216. The summed E-state index contributed by atoms with van der Waals surface area (Å²) in [6.07, 6.45) is 0.799. The van der Waals surface area contributed by atoms with Gasteiger partial charge in [0.1, 0.15) is 4.75 Å². The van der Waals surface area contributed by atoms with E-state index in [9.17, 15) is 4.79 Å². The molecule has 0 amide bonds. The van der Waals surface area contributed by atoms with Crippen molar-refractivity contribution >= 4 is 23.3 Å². The highest BCUT2D eigenvalue weighted by molar-refractivity contribution is 8.14. The van der Waals surface area contributed by atoms with Crippen molar-refractivity contribution in [1.82, 2.24) is 0 Å². The second-order valence-corrected chi connectivity index (χ2v) is 3.86. The molecule has 1 N–H and O–H groups in total. The van der Waals surface area contributed by atoms with Crippen LogP contribution in [-0.2, 0) is 4.79 Å². The molecule has 0 saturated heterocycles. The van der Waals surface area contributed by atoms with E-state index in [1.807, 2.05) is 0 Å². The predicted octanol–water partition coefficient (Wildman–Crippen LogP) is 0.605. The Hall–Kier alpha value is -0.510. The van der Waals surface area contributed by atoms with Crippen molar-refractivity contribution in [3.63, 3.8) is 0 Å². The topological polar surface area (TPSA) is 49.7 Å². The molecule has 0 bridgehead atoms. The van der Waals surface area contributed by atoms with Crippen LogP contribution < -0.4 is 0 Å². The Morgan fingerprint density at radius 2 is 2.70 bits per heavy atom. The zero-order valence-corrected chi connectivity index (χ0v) is 6.10. The molecule has 1 heterocycles. The average Bonchev–Trinajstić information content (AvgIpc) is 2.61. The summed E-state index contributed by atoms with van der Waals surface area (Å²) in [6, 6.07) is 0. The molecule has 54 valence electrons. The summed E-state index contributed by atoms with van der Waals surface area (Å²) in [6.45, 7) is 0.708. The highest BCUT2D eigenvalue weighted by Crippen LogP contribution is 2.55. The maximum atomic E-state index is 10.6. The fourth-order valence-corrected chi connectivity index (χ4v) is 2.29. The minimum Gasteiger partial charge on any atom is -0.480 e. The minimum absolute atomic E-state index is 0.306. The van der Waals surface area contributed by atoms with E-state index in [2.05, 4.69) is 4.99 Å². The van der Waals surface area contributed by atoms with Gasteiger partial charge in [0, 0.05) is 12.5 Å². The first-order chi connectivity index (χ1) is 4.76. The molecule has 2 unspecified atom stereocenters. The van der Waals surface area contributed by atoms with E-state index in [4.69, 9.17) is 5.11 Å². The monoisotopic (exact) mass is 157 g/mol. The van der Waals surface area contributed by atoms with Gasteiger partial charge in [-0.25, -0.2) is 0 Å². The predicted molar refractivity (Wildman–Crippen MR) is 39.4 cm³/mol. The van der Waals surface area contributed by atoms with Crippen molar-refractivity contribution in [1.29, 1.82) is 0 Å². The van der Waals surface area contributed by atoms with Crippen LogP contribution in [0, 0.1) is 5.92 Å². The molecule has 2 rings (SSSR count). The fourth-order valence-electron chi connectivity index (χ4n) is 1.28. The number of carbonyl (C=O) groups is 1. The lowest BCUT2D eigenvalue weighted by atomic mass is 10.3. The van der Waals surface area contributed by atoms with E-state index in [0.717, 1.165) is 6.42 Å². The van der Waals surface area contributed by atoms with Gasteiger partial charge in [0.15, 0.2) is 0 Å². The van der Waals surface area contributed by atoms with Crippen molar-refractivity contribution in [3.05, 3.63) is 0 Å². The van der Waals surface area contributed by atoms with Gasteiger partial charge in [-0.05, 0) is 6.42 Å². The number of aliphatic carboxylic acids is 1. The molecule has 1 fully saturated rings. The van der Waals surface area contributed by atoms with Crippen molar-refractivity contribution < 1.29 is 9.90 Å². The minimum atomic E-state index is -0.673. The lowest BCUT2D eigenvalue weighted by Gasteiger charge is -2.10. The summed E-state index contributed by atoms with van der Waals surface area (Å²) in [5.74, 6) is -0.367. The van der Waals surface area contributed by atoms with Crippen molar-refractivity contribution in [3.8, 4) is 0 Å². The van der Waals surface area contributed by atoms with E-state index in [1.165, 1.54) is 11.8 Å². The van der Waals surface area contributed by atoms with Gasteiger partial charge in [-0.2, -0.15) is 0 Å². The molecule has 2 aliphatic rings. The van der Waals surface area contributed by atoms with Gasteiger partial charge >= 0.3 is 5.97 Å². The fraction of sp³-hybridized carbons (Fsp3) is 0.667. The number of carboxylic acids is 1. The lowest BCUT2D eigenvalue weighted by molar-refractivity contribution is -0.137. The molecule has 0 aromatic rings. The molecule has 0 aromatic heterocycles. The standard InChI is InChI=1S/C6H7NO2S/c8-5(9)6-1-4(6)2-7-3-10-6/h3-4H,1-2H2,(H,8,9). The average molecular weight is 157 g/mol. The van der Waals surface area contributed by atoms with Crippen LogP contribution in [0.15, 0.2) is 4.99 Å². The third-order valence-electron chi connectivity index (χ3n) is 2.07. The summed E-state index contributed by atoms with van der Waals surface area (Å²) < 4.78 is -0.470. The number of fused-ring (bicyclic) bond motifs is 1. The first kappa shape index (κ1) is 6.22. The summed E-state index contributed by atoms with van der Waals surface area (Å²) >= 11 is 1.36. The highest BCUT2D eigenvalue weighted by Gasteiger charge is 2.61. The second-order valence-electron chi connectivity index (χ2n) is 2.68. The number of hydrogen-bond acceptors (Lipinski definition) is 3. The summed E-state index contributed by atoms with van der Waals surface area (Å²) in [7, 11) is 0. The van der Waals surface area contributed by atoms with Gasteiger partial charge in [-0.3, -0.25) is 9.79 Å². The van der Waals surface area contributed by atoms with Crippen molar-refractivity contribution in [2.45, 2.75) is 11.2 Å². The maximum Gasteiger partial charge on any atom is 0.320 e. The van der Waals surface area contributed by atoms with Crippen LogP contribution in [0.25, 0.3) is 0 Å². The molecule has 1 aliphatic carbocycles. The molecule has 0 spiro atoms. The Kier molecular flexibility index (Phi) is 1.09. The van der Waals surface area contributed by atoms with E-state index in [1.54, 1.807) is 5.55 Å². The van der Waals surface area contributed by atoms with Crippen LogP contribution in [0.1, 0.15) is 6.42 Å². The first-order valence-electron chi connectivity index (χ1n) is 3.15. The highest BCUT2D eigenvalue weighted by atomic mass is 32.2. The van der Waals surface area contributed by atoms with Gasteiger partial charge in [0.05, 0.1) is 5.55 Å². The smallest absolute Gasteiger partial charge is 0.320 e. The van der Waals surface area contributed by atoms with Crippen LogP contribution in [0.2, 0.25) is 0 Å². The number of aliphatic imine (C=N–C) groups is 1. The molecule has 0 radical (unpaired) electrons. The number of hydrogen-bond donors (Lipinski definition) is 1. The van der Waals surface area contributed by atoms with Gasteiger partial charge in [-0.1, -0.05) is 11.8 Å². The van der Waals surface area contributed by atoms with Crippen LogP contribution in [0.3, 0.4) is 0 Å². The van der Waals surface area contributed by atoms with Gasteiger partial charge < -0.3 is 5.11 Å². The number of nitrogens with zero attached hydrogens (tertiary/aromatic N) is 1. The van der Waals surface area contributed by atoms with Gasteiger partial charge in [-0.15, -0.1) is 0 Å². The molecule has 0 aromatic carbocycles. The number of rotatable bonds is 1. The van der Waals surface area contributed by atoms with Crippen LogP contribution in [0.4, 0.5) is 0 Å². The quantitative estimate of drug-likeness (QED) is 0.606. The Labute approximate surface area is 62.5 Å². The van der Waals surface area contributed by atoms with Crippen LogP contribution in [-0.4, -0.2) is 27.9 Å². The van der Waals surface area contributed by atoms with Crippen molar-refractivity contribution in [2.75, 3.05) is 6.54 Å². The third-order valence-corrected chi connectivity index (χ3v) is 3.42. The molecular weight excluding hydrogens is 150 g/mol. The van der Waals surface area contributed by atoms with E-state index in [-0.39, 0.29) is 0 Å². The van der Waals surface area contributed by atoms with Gasteiger partial charge in [0.2, 0.25) is 0 Å². The van der Waals surface area contributed by atoms with Gasteiger partial charge in [0.25, 0.3) is 0 Å². The van der Waals surface area contributed by atoms with Crippen LogP contribution in [0.5, 0.6) is 0 Å². The molecule has 2 atom stereocenters. The molecule has 4 heteroatoms. The molecular formula is C6H7NO2S. The summed E-state index contributed by atoms with van der Waals surface area (Å²) in [5, 5.41) is 8.76. The van der Waals surface area contributed by atoms with E-state index >= 15 is 0 Å². The number of thioether (sulfide) groups is 1. The number of carboxylic acid groups (broad SMARTS) is 1. The summed E-state index contributed by atoms with van der Waals surface area (Å²) in [4.78, 5) is 14.6. The SMILES string of the molecule is O=C(O)C12CC1CN=CS2. The molecule has 10 heavy (non-hydrogen) atoms. The lowest BCUT2D eigenvalue weighted by Crippen LogP contribution is -2.23.